The van der Waals surface area contributed by atoms with E-state index in [9.17, 15) is 13.2 Å². The molecule has 2 aliphatic rings. The van der Waals surface area contributed by atoms with E-state index >= 15 is 0 Å². The molecule has 0 spiro atoms. The summed E-state index contributed by atoms with van der Waals surface area (Å²) in [6, 6.07) is 6.39. The zero-order valence-corrected chi connectivity index (χ0v) is 13.6. The second-order valence-corrected chi connectivity index (χ2v) is 8.36. The topological polar surface area (TPSA) is 80.5 Å². The number of benzene rings is 1. The first-order valence-corrected chi connectivity index (χ1v) is 9.20. The third kappa shape index (κ3) is 2.71. The zero-order chi connectivity index (χ0) is 15.9. The normalized spacial score (nSPS) is 29.3. The predicted octanol–water partition coefficient (Wildman–Crippen LogP) is 1.64. The van der Waals surface area contributed by atoms with Crippen molar-refractivity contribution in [3.05, 3.63) is 29.8 Å². The quantitative estimate of drug-likeness (QED) is 0.858. The predicted molar refractivity (Wildman–Crippen MR) is 84.0 cm³/mol. The zero-order valence-electron chi connectivity index (χ0n) is 12.7. The molecule has 3 rings (SSSR count). The van der Waals surface area contributed by atoms with E-state index < -0.39 is 10.0 Å². The maximum atomic E-state index is 12.8. The number of carbonyl (C=O) groups is 1. The highest BCUT2D eigenvalue weighted by Crippen LogP contribution is 2.37. The van der Waals surface area contributed by atoms with Gasteiger partial charge in [-0.25, -0.2) is 8.42 Å². The van der Waals surface area contributed by atoms with Crippen LogP contribution in [0, 0.1) is 11.8 Å². The Labute approximate surface area is 131 Å². The number of hydrogen-bond acceptors (Lipinski definition) is 4. The molecule has 0 amide bonds. The minimum absolute atomic E-state index is 0.0995. The first-order valence-electron chi connectivity index (χ1n) is 7.76. The van der Waals surface area contributed by atoms with Crippen LogP contribution in [0.5, 0.6) is 0 Å². The lowest BCUT2D eigenvalue weighted by molar-refractivity contribution is 0.101. The highest BCUT2D eigenvalue weighted by Gasteiger charge is 2.43. The number of hydrogen-bond donors (Lipinski definition) is 1. The molecule has 0 aromatic heterocycles. The van der Waals surface area contributed by atoms with E-state index in [-0.39, 0.29) is 22.6 Å². The summed E-state index contributed by atoms with van der Waals surface area (Å²) in [5, 5.41) is 0. The summed E-state index contributed by atoms with van der Waals surface area (Å²) in [6.07, 6.45) is 3.11. The second-order valence-electron chi connectivity index (χ2n) is 6.42. The van der Waals surface area contributed by atoms with Crippen molar-refractivity contribution in [3.63, 3.8) is 0 Å². The van der Waals surface area contributed by atoms with Crippen molar-refractivity contribution in [3.8, 4) is 0 Å². The van der Waals surface area contributed by atoms with Crippen LogP contribution in [-0.4, -0.2) is 37.6 Å². The maximum Gasteiger partial charge on any atom is 0.243 e. The third-order valence-corrected chi connectivity index (χ3v) is 6.83. The van der Waals surface area contributed by atoms with Crippen molar-refractivity contribution in [1.82, 2.24) is 4.31 Å². The maximum absolute atomic E-state index is 12.8. The fourth-order valence-corrected chi connectivity index (χ4v) is 5.28. The molecule has 22 heavy (non-hydrogen) atoms. The summed E-state index contributed by atoms with van der Waals surface area (Å²) in [5.41, 5.74) is 6.59. The van der Waals surface area contributed by atoms with Crippen LogP contribution in [0.15, 0.2) is 29.2 Å². The molecule has 6 heteroatoms. The molecule has 1 aliphatic heterocycles. The Hall–Kier alpha value is -1.24. The van der Waals surface area contributed by atoms with Crippen LogP contribution in [-0.2, 0) is 10.0 Å². The lowest BCUT2D eigenvalue weighted by Crippen LogP contribution is -2.38. The molecular weight excluding hydrogens is 300 g/mol. The van der Waals surface area contributed by atoms with E-state index in [0.29, 0.717) is 24.6 Å². The van der Waals surface area contributed by atoms with Gasteiger partial charge in [0.05, 0.1) is 4.90 Å². The van der Waals surface area contributed by atoms with Gasteiger partial charge in [0.15, 0.2) is 5.78 Å². The van der Waals surface area contributed by atoms with Crippen LogP contribution in [0.1, 0.15) is 36.5 Å². The van der Waals surface area contributed by atoms with Gasteiger partial charge in [-0.1, -0.05) is 18.6 Å². The van der Waals surface area contributed by atoms with E-state index in [1.165, 1.54) is 13.0 Å². The Morgan fingerprint density at radius 3 is 2.73 bits per heavy atom. The number of fused-ring (bicyclic) bond motifs is 1. The van der Waals surface area contributed by atoms with Gasteiger partial charge in [0.1, 0.15) is 0 Å². The minimum Gasteiger partial charge on any atom is -0.327 e. The summed E-state index contributed by atoms with van der Waals surface area (Å²) in [6.45, 7) is 2.48. The van der Waals surface area contributed by atoms with E-state index in [1.807, 2.05) is 0 Å². The Morgan fingerprint density at radius 2 is 2.05 bits per heavy atom. The molecule has 1 aromatic carbocycles. The van der Waals surface area contributed by atoms with Crippen molar-refractivity contribution < 1.29 is 13.2 Å². The molecule has 1 heterocycles. The van der Waals surface area contributed by atoms with Gasteiger partial charge in [-0.2, -0.15) is 4.31 Å². The molecule has 0 bridgehead atoms. The molecule has 3 unspecified atom stereocenters. The average Bonchev–Trinajstić information content (AvgIpc) is 2.94. The Bertz CT molecular complexity index is 686. The number of sulfonamides is 1. The number of nitrogens with two attached hydrogens (primary N) is 1. The number of ketones is 1. The molecule has 1 aliphatic carbocycles. The Morgan fingerprint density at radius 1 is 1.27 bits per heavy atom. The first kappa shape index (κ1) is 15.6. The molecule has 1 saturated heterocycles. The summed E-state index contributed by atoms with van der Waals surface area (Å²) in [7, 11) is -3.55. The minimum atomic E-state index is -3.55. The van der Waals surface area contributed by atoms with Crippen molar-refractivity contribution in [2.45, 2.75) is 37.1 Å². The van der Waals surface area contributed by atoms with Crippen LogP contribution in [0.4, 0.5) is 0 Å². The number of nitrogens with zero attached hydrogens (tertiary/aromatic N) is 1. The largest absolute Gasteiger partial charge is 0.327 e. The molecule has 2 fully saturated rings. The molecule has 2 N–H and O–H groups in total. The van der Waals surface area contributed by atoms with Gasteiger partial charge in [0.2, 0.25) is 10.0 Å². The molecule has 5 nitrogen and oxygen atoms in total. The average molecular weight is 322 g/mol. The van der Waals surface area contributed by atoms with Crippen LogP contribution in [0.2, 0.25) is 0 Å². The number of rotatable bonds is 3. The molecule has 1 saturated carbocycles. The lowest BCUT2D eigenvalue weighted by Gasteiger charge is -2.29. The van der Waals surface area contributed by atoms with Gasteiger partial charge < -0.3 is 5.73 Å². The molecule has 120 valence electrons. The first-order chi connectivity index (χ1) is 10.4. The standard InChI is InChI=1S/C16H22N2O3S/c1-11(19)12-4-2-6-14(8-12)22(20,21)18-9-13-5-3-7-16(17)15(13)10-18/h2,4,6,8,13,15-16H,3,5,7,9-10,17H2,1H3. The fraction of sp³-hybridized carbons (Fsp3) is 0.562. The van der Waals surface area contributed by atoms with Crippen molar-refractivity contribution in [1.29, 1.82) is 0 Å². The van der Waals surface area contributed by atoms with Crippen molar-refractivity contribution >= 4 is 15.8 Å². The molecular formula is C16H22N2O3S. The highest BCUT2D eigenvalue weighted by atomic mass is 32.2. The Kier molecular flexibility index (Phi) is 4.09. The highest BCUT2D eigenvalue weighted by molar-refractivity contribution is 7.89. The fourth-order valence-electron chi connectivity index (χ4n) is 3.70. The second kappa shape index (κ2) is 5.76. The summed E-state index contributed by atoms with van der Waals surface area (Å²) < 4.78 is 27.2. The van der Waals surface area contributed by atoms with Gasteiger partial charge in [0.25, 0.3) is 0 Å². The smallest absolute Gasteiger partial charge is 0.243 e. The van der Waals surface area contributed by atoms with Gasteiger partial charge in [-0.05, 0) is 43.7 Å². The van der Waals surface area contributed by atoms with Gasteiger partial charge in [-0.15, -0.1) is 0 Å². The van der Waals surface area contributed by atoms with Crippen LogP contribution < -0.4 is 5.73 Å². The number of Topliss-reactive ketones (excluding diaryl/α,β-unsaturated/α-hetero) is 1. The van der Waals surface area contributed by atoms with Crippen molar-refractivity contribution in [2.24, 2.45) is 17.6 Å². The summed E-state index contributed by atoms with van der Waals surface area (Å²) in [4.78, 5) is 11.7. The van der Waals surface area contributed by atoms with E-state index in [1.54, 1.807) is 22.5 Å². The Balaban J connectivity index is 1.88. The van der Waals surface area contributed by atoms with Crippen LogP contribution >= 0.6 is 0 Å². The number of carbonyl (C=O) groups excluding carboxylic acids is 1. The third-order valence-electron chi connectivity index (χ3n) is 5.00. The van der Waals surface area contributed by atoms with E-state index in [0.717, 1.165) is 19.3 Å². The van der Waals surface area contributed by atoms with Gasteiger partial charge in [-0.3, -0.25) is 4.79 Å². The molecule has 0 radical (unpaired) electrons. The van der Waals surface area contributed by atoms with Crippen LogP contribution in [0.25, 0.3) is 0 Å². The monoisotopic (exact) mass is 322 g/mol. The molecule has 1 aromatic rings. The van der Waals surface area contributed by atoms with Gasteiger partial charge in [0, 0.05) is 24.7 Å². The van der Waals surface area contributed by atoms with E-state index in [2.05, 4.69) is 0 Å². The van der Waals surface area contributed by atoms with Crippen LogP contribution in [0.3, 0.4) is 0 Å². The summed E-state index contributed by atoms with van der Waals surface area (Å²) >= 11 is 0. The van der Waals surface area contributed by atoms with Crippen molar-refractivity contribution in [2.75, 3.05) is 13.1 Å². The van der Waals surface area contributed by atoms with E-state index in [4.69, 9.17) is 5.73 Å². The van der Waals surface area contributed by atoms with Gasteiger partial charge >= 0.3 is 0 Å². The lowest BCUT2D eigenvalue weighted by atomic mass is 9.78. The molecule has 3 atom stereocenters. The summed E-state index contributed by atoms with van der Waals surface area (Å²) in [5.74, 6) is 0.503. The SMILES string of the molecule is CC(=O)c1cccc(S(=O)(=O)N2CC3CCCC(N)C3C2)c1.